The maximum Gasteiger partial charge on any atom is 0.133 e. The highest BCUT2D eigenvalue weighted by molar-refractivity contribution is 5.53. The first kappa shape index (κ1) is 7.72. The van der Waals surface area contributed by atoms with Crippen LogP contribution < -0.4 is 0 Å². The summed E-state index contributed by atoms with van der Waals surface area (Å²) < 4.78 is 1.62. The molecule has 2 rings (SSSR count). The summed E-state index contributed by atoms with van der Waals surface area (Å²) in [5, 5.41) is 16.5. The van der Waals surface area contributed by atoms with Crippen molar-refractivity contribution in [2.75, 3.05) is 0 Å². The quantitative estimate of drug-likeness (QED) is 0.690. The van der Waals surface area contributed by atoms with Gasteiger partial charge in [-0.25, -0.2) is 4.68 Å². The molecule has 66 valence electrons. The standard InChI is InChI=1S/C8H8N4O/c1-12-8(5-10-11-12)7-3-2-6(13)4-9-7/h2-5,13H,1H3. The van der Waals surface area contributed by atoms with E-state index in [4.69, 9.17) is 5.11 Å². The lowest BCUT2D eigenvalue weighted by molar-refractivity contribution is 0.473. The third kappa shape index (κ3) is 1.35. The molecule has 0 atom stereocenters. The van der Waals surface area contributed by atoms with Gasteiger partial charge < -0.3 is 5.11 Å². The van der Waals surface area contributed by atoms with E-state index in [9.17, 15) is 0 Å². The van der Waals surface area contributed by atoms with Crippen LogP contribution in [0.15, 0.2) is 24.5 Å². The predicted octanol–water partition coefficient (Wildman–Crippen LogP) is 0.583. The van der Waals surface area contributed by atoms with Crippen molar-refractivity contribution in [1.29, 1.82) is 0 Å². The lowest BCUT2D eigenvalue weighted by Gasteiger charge is -1.98. The fraction of sp³-hybridized carbons (Fsp3) is 0.125. The average molecular weight is 176 g/mol. The van der Waals surface area contributed by atoms with Crippen LogP contribution in [-0.2, 0) is 7.05 Å². The highest BCUT2D eigenvalue weighted by atomic mass is 16.3. The Labute approximate surface area is 74.7 Å². The number of rotatable bonds is 1. The van der Waals surface area contributed by atoms with E-state index >= 15 is 0 Å². The van der Waals surface area contributed by atoms with Crippen LogP contribution in [0.5, 0.6) is 5.75 Å². The van der Waals surface area contributed by atoms with E-state index < -0.39 is 0 Å². The van der Waals surface area contributed by atoms with Crippen molar-refractivity contribution in [2.45, 2.75) is 0 Å². The van der Waals surface area contributed by atoms with Crippen LogP contribution in [0.25, 0.3) is 11.4 Å². The van der Waals surface area contributed by atoms with E-state index in [1.807, 2.05) is 0 Å². The molecule has 2 aromatic heterocycles. The first-order chi connectivity index (χ1) is 6.27. The first-order valence-electron chi connectivity index (χ1n) is 3.77. The largest absolute Gasteiger partial charge is 0.506 e. The molecule has 0 saturated heterocycles. The highest BCUT2D eigenvalue weighted by Crippen LogP contribution is 2.16. The molecule has 2 aromatic rings. The van der Waals surface area contributed by atoms with Crippen LogP contribution in [0.1, 0.15) is 0 Å². The molecular formula is C8H8N4O. The molecule has 0 aliphatic heterocycles. The third-order valence-electron chi connectivity index (χ3n) is 1.72. The maximum absolute atomic E-state index is 9.02. The molecule has 2 heterocycles. The van der Waals surface area contributed by atoms with Crippen LogP contribution >= 0.6 is 0 Å². The minimum Gasteiger partial charge on any atom is -0.506 e. The van der Waals surface area contributed by atoms with Gasteiger partial charge >= 0.3 is 0 Å². The lowest BCUT2D eigenvalue weighted by Crippen LogP contribution is -1.94. The fourth-order valence-electron chi connectivity index (χ4n) is 1.06. The van der Waals surface area contributed by atoms with E-state index in [-0.39, 0.29) is 5.75 Å². The number of aryl methyl sites for hydroxylation is 1. The van der Waals surface area contributed by atoms with Crippen molar-refractivity contribution in [2.24, 2.45) is 7.05 Å². The third-order valence-corrected chi connectivity index (χ3v) is 1.72. The Kier molecular flexibility index (Phi) is 1.70. The van der Waals surface area contributed by atoms with Gasteiger partial charge in [0.05, 0.1) is 18.1 Å². The van der Waals surface area contributed by atoms with Gasteiger partial charge in [0.1, 0.15) is 11.4 Å². The molecule has 0 spiro atoms. The first-order valence-corrected chi connectivity index (χ1v) is 3.77. The molecule has 1 N–H and O–H groups in total. The molecular weight excluding hydrogens is 168 g/mol. The summed E-state index contributed by atoms with van der Waals surface area (Å²) in [4.78, 5) is 4.03. The Morgan fingerprint density at radius 3 is 2.69 bits per heavy atom. The molecule has 0 saturated carbocycles. The van der Waals surface area contributed by atoms with E-state index in [1.165, 1.54) is 6.20 Å². The predicted molar refractivity (Wildman–Crippen MR) is 45.9 cm³/mol. The van der Waals surface area contributed by atoms with Gasteiger partial charge in [0.25, 0.3) is 0 Å². The molecule has 0 unspecified atom stereocenters. The summed E-state index contributed by atoms with van der Waals surface area (Å²) in [5.74, 6) is 0.152. The minimum atomic E-state index is 0.152. The van der Waals surface area contributed by atoms with E-state index in [2.05, 4.69) is 15.3 Å². The topological polar surface area (TPSA) is 63.8 Å². The van der Waals surface area contributed by atoms with Crippen LogP contribution in [0, 0.1) is 0 Å². The summed E-state index contributed by atoms with van der Waals surface area (Å²) in [6.45, 7) is 0. The fourth-order valence-corrected chi connectivity index (χ4v) is 1.06. The van der Waals surface area contributed by atoms with Crippen LogP contribution in [-0.4, -0.2) is 25.1 Å². The Balaban J connectivity index is 2.47. The number of nitrogens with zero attached hydrogens (tertiary/aromatic N) is 4. The van der Waals surface area contributed by atoms with Crippen molar-refractivity contribution in [3.63, 3.8) is 0 Å². The molecule has 0 fully saturated rings. The number of hydrogen-bond acceptors (Lipinski definition) is 4. The highest BCUT2D eigenvalue weighted by Gasteiger charge is 2.03. The minimum absolute atomic E-state index is 0.152. The van der Waals surface area contributed by atoms with Gasteiger partial charge in [-0.05, 0) is 12.1 Å². The second-order valence-electron chi connectivity index (χ2n) is 2.64. The monoisotopic (exact) mass is 176 g/mol. The number of aromatic nitrogens is 4. The zero-order valence-electron chi connectivity index (χ0n) is 7.05. The smallest absolute Gasteiger partial charge is 0.133 e. The van der Waals surface area contributed by atoms with Gasteiger partial charge in [0.2, 0.25) is 0 Å². The number of aromatic hydroxyl groups is 1. The maximum atomic E-state index is 9.02. The molecule has 0 bridgehead atoms. The Morgan fingerprint density at radius 1 is 1.31 bits per heavy atom. The Bertz CT molecular complexity index is 406. The SMILES string of the molecule is Cn1nncc1-c1ccc(O)cn1. The Hall–Kier alpha value is -1.91. The zero-order valence-corrected chi connectivity index (χ0v) is 7.05. The van der Waals surface area contributed by atoms with Crippen molar-refractivity contribution in [1.82, 2.24) is 20.0 Å². The van der Waals surface area contributed by atoms with Crippen LogP contribution in [0.4, 0.5) is 0 Å². The number of pyridine rings is 1. The summed E-state index contributed by atoms with van der Waals surface area (Å²) in [5.41, 5.74) is 1.56. The van der Waals surface area contributed by atoms with Gasteiger partial charge in [-0.1, -0.05) is 5.21 Å². The molecule has 5 heteroatoms. The molecule has 5 nitrogen and oxygen atoms in total. The molecule has 0 aliphatic carbocycles. The molecule has 0 aliphatic rings. The van der Waals surface area contributed by atoms with Crippen molar-refractivity contribution in [3.8, 4) is 17.1 Å². The molecule has 0 amide bonds. The zero-order chi connectivity index (χ0) is 9.26. The van der Waals surface area contributed by atoms with Gasteiger partial charge in [0.15, 0.2) is 0 Å². The van der Waals surface area contributed by atoms with Crippen molar-refractivity contribution >= 4 is 0 Å². The van der Waals surface area contributed by atoms with E-state index in [0.29, 0.717) is 0 Å². The lowest BCUT2D eigenvalue weighted by atomic mass is 10.3. The van der Waals surface area contributed by atoms with Crippen LogP contribution in [0.3, 0.4) is 0 Å². The van der Waals surface area contributed by atoms with Gasteiger partial charge in [0, 0.05) is 7.05 Å². The van der Waals surface area contributed by atoms with Gasteiger partial charge in [-0.2, -0.15) is 0 Å². The summed E-state index contributed by atoms with van der Waals surface area (Å²) >= 11 is 0. The Morgan fingerprint density at radius 2 is 2.15 bits per heavy atom. The van der Waals surface area contributed by atoms with Crippen molar-refractivity contribution in [3.05, 3.63) is 24.5 Å². The second kappa shape index (κ2) is 2.85. The van der Waals surface area contributed by atoms with Crippen LogP contribution in [0.2, 0.25) is 0 Å². The van der Waals surface area contributed by atoms with Gasteiger partial charge in [-0.15, -0.1) is 5.10 Å². The average Bonchev–Trinajstić information content (AvgIpc) is 2.53. The molecule has 0 radical (unpaired) electrons. The second-order valence-corrected chi connectivity index (χ2v) is 2.64. The van der Waals surface area contributed by atoms with E-state index in [0.717, 1.165) is 11.4 Å². The summed E-state index contributed by atoms with van der Waals surface area (Å²) in [7, 11) is 1.79. The summed E-state index contributed by atoms with van der Waals surface area (Å²) in [6.07, 6.45) is 3.02. The molecule has 0 aromatic carbocycles. The van der Waals surface area contributed by atoms with Crippen molar-refractivity contribution < 1.29 is 5.11 Å². The normalized spacial score (nSPS) is 10.2. The summed E-state index contributed by atoms with van der Waals surface area (Å²) in [6, 6.07) is 3.30. The van der Waals surface area contributed by atoms with E-state index in [1.54, 1.807) is 30.1 Å². The number of hydrogen-bond donors (Lipinski definition) is 1. The molecule has 13 heavy (non-hydrogen) atoms. The van der Waals surface area contributed by atoms with Gasteiger partial charge in [-0.3, -0.25) is 4.98 Å².